The number of ether oxygens (including phenoxy) is 2. The van der Waals surface area contributed by atoms with E-state index in [-0.39, 0.29) is 0 Å². The van der Waals surface area contributed by atoms with Gasteiger partial charge < -0.3 is 9.47 Å². The summed E-state index contributed by atoms with van der Waals surface area (Å²) in [5.74, 6) is 1.52. The van der Waals surface area contributed by atoms with Crippen molar-refractivity contribution in [1.29, 1.82) is 0 Å². The summed E-state index contributed by atoms with van der Waals surface area (Å²) in [6.07, 6.45) is -0.657. The van der Waals surface area contributed by atoms with Crippen molar-refractivity contribution in [2.45, 2.75) is 12.6 Å². The van der Waals surface area contributed by atoms with Gasteiger partial charge in [-0.25, -0.2) is 4.39 Å². The van der Waals surface area contributed by atoms with Gasteiger partial charge in [-0.1, -0.05) is 24.3 Å². The van der Waals surface area contributed by atoms with E-state index < -0.39 is 6.17 Å². The molecule has 0 saturated heterocycles. The van der Waals surface area contributed by atoms with Gasteiger partial charge in [0.2, 0.25) is 0 Å². The van der Waals surface area contributed by atoms with Crippen LogP contribution in [-0.4, -0.2) is 14.2 Å². The topological polar surface area (TPSA) is 18.5 Å². The van der Waals surface area contributed by atoms with Crippen molar-refractivity contribution in [2.24, 2.45) is 0 Å². The fourth-order valence-electron chi connectivity index (χ4n) is 1.90. The zero-order valence-corrected chi connectivity index (χ0v) is 11.1. The van der Waals surface area contributed by atoms with E-state index in [9.17, 15) is 4.39 Å². The second kappa shape index (κ2) is 6.23. The van der Waals surface area contributed by atoms with Gasteiger partial charge in [-0.05, 0) is 35.4 Å². The smallest absolute Gasteiger partial charge is 0.129 e. The number of benzene rings is 2. The Morgan fingerprint density at radius 3 is 1.79 bits per heavy atom. The first-order valence-corrected chi connectivity index (χ1v) is 6.14. The predicted molar refractivity (Wildman–Crippen MR) is 73.5 cm³/mol. The Kier molecular flexibility index (Phi) is 4.39. The minimum atomic E-state index is -1.01. The normalized spacial score (nSPS) is 11.9. The predicted octanol–water partition coefficient (Wildman–Crippen LogP) is 3.96. The zero-order chi connectivity index (χ0) is 13.7. The van der Waals surface area contributed by atoms with Crippen LogP contribution in [0.4, 0.5) is 4.39 Å². The van der Waals surface area contributed by atoms with Gasteiger partial charge in [-0.3, -0.25) is 0 Å². The Labute approximate surface area is 112 Å². The maximum absolute atomic E-state index is 14.2. The average molecular weight is 260 g/mol. The molecule has 1 unspecified atom stereocenters. The first kappa shape index (κ1) is 13.4. The van der Waals surface area contributed by atoms with Crippen molar-refractivity contribution in [2.75, 3.05) is 14.2 Å². The summed E-state index contributed by atoms with van der Waals surface area (Å²) < 4.78 is 24.3. The molecular formula is C16H17FO2. The molecule has 0 aliphatic heterocycles. The third-order valence-electron chi connectivity index (χ3n) is 3.05. The number of methoxy groups -OCH3 is 2. The first-order valence-electron chi connectivity index (χ1n) is 6.14. The molecule has 2 aromatic carbocycles. The van der Waals surface area contributed by atoms with E-state index in [4.69, 9.17) is 9.47 Å². The summed E-state index contributed by atoms with van der Waals surface area (Å²) in [6, 6.07) is 14.5. The molecule has 0 fully saturated rings. The summed E-state index contributed by atoms with van der Waals surface area (Å²) in [7, 11) is 3.21. The van der Waals surface area contributed by atoms with Crippen LogP contribution in [0, 0.1) is 0 Å². The number of rotatable bonds is 5. The first-order chi connectivity index (χ1) is 9.22. The van der Waals surface area contributed by atoms with Crippen molar-refractivity contribution in [3.05, 3.63) is 59.7 Å². The van der Waals surface area contributed by atoms with Crippen LogP contribution in [-0.2, 0) is 6.42 Å². The fourth-order valence-corrected chi connectivity index (χ4v) is 1.90. The highest BCUT2D eigenvalue weighted by Gasteiger charge is 2.10. The molecule has 0 N–H and O–H groups in total. The van der Waals surface area contributed by atoms with Crippen LogP contribution in [0.15, 0.2) is 48.5 Å². The zero-order valence-electron chi connectivity index (χ0n) is 11.1. The molecule has 0 aliphatic carbocycles. The van der Waals surface area contributed by atoms with E-state index in [1.807, 2.05) is 24.3 Å². The summed E-state index contributed by atoms with van der Waals surface area (Å²) in [5, 5.41) is 0. The van der Waals surface area contributed by atoms with Crippen LogP contribution in [0.5, 0.6) is 11.5 Å². The lowest BCUT2D eigenvalue weighted by atomic mass is 10.0. The highest BCUT2D eigenvalue weighted by Crippen LogP contribution is 2.25. The molecule has 100 valence electrons. The molecule has 1 atom stereocenters. The molecule has 0 aliphatic rings. The van der Waals surface area contributed by atoms with E-state index in [0.29, 0.717) is 12.0 Å². The van der Waals surface area contributed by atoms with Crippen molar-refractivity contribution in [3.8, 4) is 11.5 Å². The van der Waals surface area contributed by atoms with Crippen molar-refractivity contribution in [3.63, 3.8) is 0 Å². The van der Waals surface area contributed by atoms with E-state index in [1.54, 1.807) is 38.5 Å². The molecule has 0 heterocycles. The summed E-state index contributed by atoms with van der Waals surface area (Å²) >= 11 is 0. The Morgan fingerprint density at radius 2 is 1.32 bits per heavy atom. The van der Waals surface area contributed by atoms with Crippen molar-refractivity contribution in [1.82, 2.24) is 0 Å². The molecule has 0 amide bonds. The monoisotopic (exact) mass is 260 g/mol. The maximum Gasteiger partial charge on any atom is 0.129 e. The molecule has 0 aromatic heterocycles. The van der Waals surface area contributed by atoms with Crippen LogP contribution >= 0.6 is 0 Å². The molecule has 2 rings (SSSR count). The Hall–Kier alpha value is -2.03. The summed E-state index contributed by atoms with van der Waals surface area (Å²) in [5.41, 5.74) is 1.61. The molecule has 2 aromatic rings. The number of alkyl halides is 1. The Balaban J connectivity index is 2.04. The average Bonchev–Trinajstić information content (AvgIpc) is 2.48. The van der Waals surface area contributed by atoms with E-state index >= 15 is 0 Å². The SMILES string of the molecule is COc1ccc(CC(F)c2ccc(OC)cc2)cc1. The molecular weight excluding hydrogens is 243 g/mol. The van der Waals surface area contributed by atoms with Crippen molar-refractivity contribution < 1.29 is 13.9 Å². The van der Waals surface area contributed by atoms with Crippen LogP contribution in [0.2, 0.25) is 0 Å². The number of hydrogen-bond donors (Lipinski definition) is 0. The second-order valence-electron chi connectivity index (χ2n) is 4.29. The largest absolute Gasteiger partial charge is 0.497 e. The van der Waals surface area contributed by atoms with E-state index in [0.717, 1.165) is 17.1 Å². The molecule has 3 heteroatoms. The van der Waals surface area contributed by atoms with Gasteiger partial charge >= 0.3 is 0 Å². The third kappa shape index (κ3) is 3.47. The second-order valence-corrected chi connectivity index (χ2v) is 4.29. The third-order valence-corrected chi connectivity index (χ3v) is 3.05. The quantitative estimate of drug-likeness (QED) is 0.810. The van der Waals surface area contributed by atoms with E-state index in [1.165, 1.54) is 0 Å². The van der Waals surface area contributed by atoms with Gasteiger partial charge in [0.15, 0.2) is 0 Å². The van der Waals surface area contributed by atoms with Crippen LogP contribution in [0.3, 0.4) is 0 Å². The van der Waals surface area contributed by atoms with Crippen LogP contribution in [0.1, 0.15) is 17.3 Å². The van der Waals surface area contributed by atoms with Crippen LogP contribution in [0.25, 0.3) is 0 Å². The fraction of sp³-hybridized carbons (Fsp3) is 0.250. The number of halogens is 1. The molecule has 2 nitrogen and oxygen atoms in total. The van der Waals surface area contributed by atoms with Gasteiger partial charge in [-0.2, -0.15) is 0 Å². The summed E-state index contributed by atoms with van der Waals surface area (Å²) in [6.45, 7) is 0. The highest BCUT2D eigenvalue weighted by atomic mass is 19.1. The molecule has 0 radical (unpaired) electrons. The number of hydrogen-bond acceptors (Lipinski definition) is 2. The minimum absolute atomic E-state index is 0.357. The molecule has 0 bridgehead atoms. The lowest BCUT2D eigenvalue weighted by molar-refractivity contribution is 0.341. The van der Waals surface area contributed by atoms with Crippen molar-refractivity contribution >= 4 is 0 Å². The van der Waals surface area contributed by atoms with Gasteiger partial charge in [-0.15, -0.1) is 0 Å². The van der Waals surface area contributed by atoms with Gasteiger partial charge in [0.1, 0.15) is 17.7 Å². The Bertz CT molecular complexity index is 505. The lowest BCUT2D eigenvalue weighted by Gasteiger charge is -2.10. The Morgan fingerprint density at radius 1 is 0.842 bits per heavy atom. The van der Waals surface area contributed by atoms with Crippen LogP contribution < -0.4 is 9.47 Å². The highest BCUT2D eigenvalue weighted by molar-refractivity contribution is 5.31. The lowest BCUT2D eigenvalue weighted by Crippen LogP contribution is -1.97. The van der Waals surface area contributed by atoms with Gasteiger partial charge in [0.05, 0.1) is 14.2 Å². The van der Waals surface area contributed by atoms with Gasteiger partial charge in [0.25, 0.3) is 0 Å². The standard InChI is InChI=1S/C16H17FO2/c1-18-14-7-3-12(4-8-14)11-16(17)13-5-9-15(19-2)10-6-13/h3-10,16H,11H2,1-2H3. The van der Waals surface area contributed by atoms with Gasteiger partial charge in [0, 0.05) is 6.42 Å². The minimum Gasteiger partial charge on any atom is -0.497 e. The molecule has 0 saturated carbocycles. The molecule has 0 spiro atoms. The maximum atomic E-state index is 14.2. The van der Waals surface area contributed by atoms with E-state index in [2.05, 4.69) is 0 Å². The molecule has 19 heavy (non-hydrogen) atoms. The summed E-state index contributed by atoms with van der Waals surface area (Å²) in [4.78, 5) is 0.